The molecule has 174 valence electrons. The quantitative estimate of drug-likeness (QED) is 0.652. The maximum Gasteiger partial charge on any atom is 0.326 e. The number of anilines is 2. The normalized spacial score (nSPS) is 26.0. The van der Waals surface area contributed by atoms with E-state index in [0.29, 0.717) is 12.1 Å². The third kappa shape index (κ3) is 4.59. The van der Waals surface area contributed by atoms with Crippen molar-refractivity contribution in [2.24, 2.45) is 5.92 Å². The minimum absolute atomic E-state index is 0.0742. The van der Waals surface area contributed by atoms with Gasteiger partial charge in [0.2, 0.25) is 5.91 Å². The first-order valence-electron chi connectivity index (χ1n) is 11.4. The molecule has 1 saturated carbocycles. The highest BCUT2D eigenvalue weighted by Gasteiger charge is 2.54. The Morgan fingerprint density at radius 2 is 1.94 bits per heavy atom. The zero-order chi connectivity index (χ0) is 22.7. The van der Waals surface area contributed by atoms with Crippen LogP contribution >= 0.6 is 0 Å². The van der Waals surface area contributed by atoms with E-state index in [-0.39, 0.29) is 37.0 Å². The van der Waals surface area contributed by atoms with Crippen molar-refractivity contribution in [3.63, 3.8) is 0 Å². The minimum atomic E-state index is -0.777. The van der Waals surface area contributed by atoms with Gasteiger partial charge < -0.3 is 20.3 Å². The lowest BCUT2D eigenvalue weighted by atomic mass is 9.73. The molecule has 4 amide bonds. The van der Waals surface area contributed by atoms with E-state index < -0.39 is 5.54 Å². The van der Waals surface area contributed by atoms with Gasteiger partial charge in [-0.05, 0) is 50.1 Å². The zero-order valence-electron chi connectivity index (χ0n) is 18.9. The van der Waals surface area contributed by atoms with Crippen molar-refractivity contribution in [2.45, 2.75) is 38.1 Å². The lowest BCUT2D eigenvalue weighted by Gasteiger charge is -2.37. The number of hydrogen-bond donors (Lipinski definition) is 2. The third-order valence-corrected chi connectivity index (χ3v) is 6.83. The molecule has 2 saturated heterocycles. The van der Waals surface area contributed by atoms with Crippen LogP contribution < -0.4 is 15.5 Å². The number of carbonyl (C=O) groups excluding carboxylic acids is 3. The van der Waals surface area contributed by atoms with Crippen molar-refractivity contribution in [1.82, 2.24) is 15.1 Å². The van der Waals surface area contributed by atoms with Crippen LogP contribution in [0.1, 0.15) is 32.6 Å². The summed E-state index contributed by atoms with van der Waals surface area (Å²) in [7, 11) is 1.73. The van der Waals surface area contributed by atoms with E-state index in [1.165, 1.54) is 4.90 Å². The SMILES string of the molecule is C[C@H]1CCCC[C@@]12NC(=O)N(CN(C)CC(=O)Nc1ccc(N3CCOCC3)cc1)C2=O. The van der Waals surface area contributed by atoms with Gasteiger partial charge in [-0.3, -0.25) is 14.5 Å². The van der Waals surface area contributed by atoms with Gasteiger partial charge in [0, 0.05) is 24.5 Å². The monoisotopic (exact) mass is 443 g/mol. The summed E-state index contributed by atoms with van der Waals surface area (Å²) in [4.78, 5) is 43.3. The molecule has 3 fully saturated rings. The van der Waals surface area contributed by atoms with Crippen LogP contribution in [0.15, 0.2) is 24.3 Å². The van der Waals surface area contributed by atoms with Crippen LogP contribution in [0.2, 0.25) is 0 Å². The van der Waals surface area contributed by atoms with Crippen molar-refractivity contribution >= 4 is 29.2 Å². The Morgan fingerprint density at radius 3 is 2.62 bits per heavy atom. The largest absolute Gasteiger partial charge is 0.378 e. The first-order chi connectivity index (χ1) is 15.4. The molecule has 0 unspecified atom stereocenters. The summed E-state index contributed by atoms with van der Waals surface area (Å²) in [5.74, 6) is -0.244. The maximum absolute atomic E-state index is 13.1. The molecular weight excluding hydrogens is 410 g/mol. The second-order valence-corrected chi connectivity index (χ2v) is 9.13. The summed E-state index contributed by atoms with van der Waals surface area (Å²) in [6.45, 7) is 5.36. The number of hydrogen-bond acceptors (Lipinski definition) is 6. The molecule has 1 aromatic rings. The van der Waals surface area contributed by atoms with E-state index in [1.54, 1.807) is 11.9 Å². The second-order valence-electron chi connectivity index (χ2n) is 9.13. The highest BCUT2D eigenvalue weighted by Crippen LogP contribution is 2.38. The molecule has 0 radical (unpaired) electrons. The summed E-state index contributed by atoms with van der Waals surface area (Å²) in [6, 6.07) is 7.38. The summed E-state index contributed by atoms with van der Waals surface area (Å²) in [6.07, 6.45) is 3.63. The van der Waals surface area contributed by atoms with Crippen molar-refractivity contribution in [3.05, 3.63) is 24.3 Å². The van der Waals surface area contributed by atoms with Gasteiger partial charge in [-0.1, -0.05) is 19.8 Å². The molecule has 1 aromatic carbocycles. The van der Waals surface area contributed by atoms with E-state index in [2.05, 4.69) is 15.5 Å². The summed E-state index contributed by atoms with van der Waals surface area (Å²) in [5, 5.41) is 5.83. The van der Waals surface area contributed by atoms with Gasteiger partial charge in [-0.15, -0.1) is 0 Å². The van der Waals surface area contributed by atoms with Gasteiger partial charge >= 0.3 is 6.03 Å². The van der Waals surface area contributed by atoms with Crippen LogP contribution in [0.3, 0.4) is 0 Å². The summed E-state index contributed by atoms with van der Waals surface area (Å²) >= 11 is 0. The average Bonchev–Trinajstić information content (AvgIpc) is 3.01. The molecule has 1 aliphatic carbocycles. The van der Waals surface area contributed by atoms with Crippen LogP contribution in [0.5, 0.6) is 0 Å². The van der Waals surface area contributed by atoms with Gasteiger partial charge in [0.15, 0.2) is 0 Å². The van der Waals surface area contributed by atoms with Crippen LogP contribution in [0.4, 0.5) is 16.2 Å². The van der Waals surface area contributed by atoms with Crippen LogP contribution in [-0.4, -0.2) is 79.7 Å². The molecule has 0 aromatic heterocycles. The van der Waals surface area contributed by atoms with Gasteiger partial charge in [-0.2, -0.15) is 0 Å². The number of benzene rings is 1. The Kier molecular flexibility index (Phi) is 6.66. The average molecular weight is 444 g/mol. The van der Waals surface area contributed by atoms with E-state index in [0.717, 1.165) is 51.3 Å². The van der Waals surface area contributed by atoms with Crippen LogP contribution in [0.25, 0.3) is 0 Å². The molecule has 2 aliphatic heterocycles. The molecule has 32 heavy (non-hydrogen) atoms. The fourth-order valence-electron chi connectivity index (χ4n) is 4.94. The summed E-state index contributed by atoms with van der Waals surface area (Å²) in [5.41, 5.74) is 1.04. The molecule has 0 bridgehead atoms. The van der Waals surface area contributed by atoms with Gasteiger partial charge in [0.05, 0.1) is 26.4 Å². The Bertz CT molecular complexity index is 854. The number of ether oxygens (including phenoxy) is 1. The predicted molar refractivity (Wildman–Crippen MR) is 121 cm³/mol. The highest BCUT2D eigenvalue weighted by molar-refractivity contribution is 6.07. The molecular formula is C23H33N5O4. The van der Waals surface area contributed by atoms with E-state index in [1.807, 2.05) is 31.2 Å². The Hall–Kier alpha value is -2.65. The number of likely N-dealkylation sites (N-methyl/N-ethyl adjacent to an activating group) is 1. The van der Waals surface area contributed by atoms with E-state index in [9.17, 15) is 14.4 Å². The zero-order valence-corrected chi connectivity index (χ0v) is 18.9. The number of imide groups is 1. The lowest BCUT2D eigenvalue weighted by Crippen LogP contribution is -2.54. The number of urea groups is 1. The maximum atomic E-state index is 13.1. The fraction of sp³-hybridized carbons (Fsp3) is 0.609. The number of carbonyl (C=O) groups is 3. The van der Waals surface area contributed by atoms with Crippen molar-refractivity contribution in [3.8, 4) is 0 Å². The molecule has 9 heteroatoms. The van der Waals surface area contributed by atoms with Crippen molar-refractivity contribution in [2.75, 3.05) is 56.8 Å². The Morgan fingerprint density at radius 1 is 1.22 bits per heavy atom. The smallest absolute Gasteiger partial charge is 0.326 e. The highest BCUT2D eigenvalue weighted by atomic mass is 16.5. The van der Waals surface area contributed by atoms with Crippen LogP contribution in [0, 0.1) is 5.92 Å². The fourth-order valence-corrected chi connectivity index (χ4v) is 4.94. The second kappa shape index (κ2) is 9.46. The van der Waals surface area contributed by atoms with Gasteiger partial charge in [0.1, 0.15) is 5.54 Å². The van der Waals surface area contributed by atoms with Gasteiger partial charge in [-0.25, -0.2) is 9.69 Å². The third-order valence-electron chi connectivity index (χ3n) is 6.83. The number of amides is 4. The standard InChI is InChI=1S/C23H33N5O4/c1-17-5-3-4-10-23(17)21(30)28(22(31)25-23)16-26(2)15-20(29)24-18-6-8-19(9-7-18)27-11-13-32-14-12-27/h6-9,17H,3-5,10-16H2,1-2H3,(H,24,29)(H,25,31)/t17-,23+/m0/s1. The van der Waals surface area contributed by atoms with Crippen molar-refractivity contribution < 1.29 is 19.1 Å². The molecule has 4 rings (SSSR count). The number of rotatable bonds is 6. The van der Waals surface area contributed by atoms with Crippen LogP contribution in [-0.2, 0) is 14.3 Å². The first kappa shape index (κ1) is 22.5. The molecule has 9 nitrogen and oxygen atoms in total. The Balaban J connectivity index is 1.29. The molecule has 2 heterocycles. The van der Waals surface area contributed by atoms with E-state index in [4.69, 9.17) is 4.74 Å². The molecule has 1 spiro atoms. The minimum Gasteiger partial charge on any atom is -0.378 e. The topological polar surface area (TPSA) is 94.2 Å². The Labute approximate surface area is 189 Å². The molecule has 3 aliphatic rings. The lowest BCUT2D eigenvalue weighted by molar-refractivity contribution is -0.136. The molecule has 2 N–H and O–H groups in total. The number of morpholine rings is 1. The van der Waals surface area contributed by atoms with Crippen molar-refractivity contribution in [1.29, 1.82) is 0 Å². The van der Waals surface area contributed by atoms with E-state index >= 15 is 0 Å². The number of nitrogens with zero attached hydrogens (tertiary/aromatic N) is 3. The summed E-state index contributed by atoms with van der Waals surface area (Å²) < 4.78 is 5.38. The van der Waals surface area contributed by atoms with Gasteiger partial charge in [0.25, 0.3) is 5.91 Å². The number of nitrogens with one attached hydrogen (secondary N) is 2. The molecule has 2 atom stereocenters. The first-order valence-corrected chi connectivity index (χ1v) is 11.4. The predicted octanol–water partition coefficient (Wildman–Crippen LogP) is 1.85.